The van der Waals surface area contributed by atoms with Crippen molar-refractivity contribution in [1.29, 1.82) is 0 Å². The SMILES string of the molecule is Fc1cccc(F)c1C1=NC(c2ccc(-c3ccc(OCCC(F)C(F)F)nn3)cc2)CC1. The molecule has 2 atom stereocenters. The Morgan fingerprint density at radius 1 is 0.909 bits per heavy atom. The van der Waals surface area contributed by atoms with Crippen LogP contribution in [0.3, 0.4) is 0 Å². The van der Waals surface area contributed by atoms with Gasteiger partial charge >= 0.3 is 0 Å². The second-order valence-electron chi connectivity index (χ2n) is 7.59. The molecule has 3 aromatic rings. The highest BCUT2D eigenvalue weighted by molar-refractivity contribution is 6.02. The standard InChI is InChI=1S/C24H20F5N3O/c25-16-2-1-3-17(26)23(16)21-9-8-19(30-21)14-4-6-15(7-5-14)20-10-11-22(32-31-20)33-13-12-18(27)24(28)29/h1-7,10-11,18-19,24H,8-9,12-13H2. The maximum absolute atomic E-state index is 14.0. The number of benzene rings is 2. The van der Waals surface area contributed by atoms with Crippen LogP contribution in [0.1, 0.15) is 36.4 Å². The third-order valence-electron chi connectivity index (χ3n) is 5.37. The number of hydrogen-bond donors (Lipinski definition) is 0. The van der Waals surface area contributed by atoms with Gasteiger partial charge in [-0.2, -0.15) is 0 Å². The van der Waals surface area contributed by atoms with Crippen LogP contribution in [-0.4, -0.2) is 35.1 Å². The molecule has 0 saturated heterocycles. The predicted octanol–water partition coefficient (Wildman–Crippen LogP) is 6.12. The van der Waals surface area contributed by atoms with E-state index in [1.165, 1.54) is 24.3 Å². The Kier molecular flexibility index (Phi) is 6.96. The van der Waals surface area contributed by atoms with E-state index in [9.17, 15) is 22.0 Å². The summed E-state index contributed by atoms with van der Waals surface area (Å²) in [5.74, 6) is -1.12. The van der Waals surface area contributed by atoms with Crippen molar-refractivity contribution in [2.75, 3.05) is 6.61 Å². The zero-order chi connectivity index (χ0) is 23.4. The van der Waals surface area contributed by atoms with Crippen molar-refractivity contribution in [2.45, 2.75) is 37.9 Å². The second kappa shape index (κ2) is 10.1. The van der Waals surface area contributed by atoms with Crippen molar-refractivity contribution < 1.29 is 26.7 Å². The summed E-state index contributed by atoms with van der Waals surface area (Å²) < 4.78 is 70.5. The maximum atomic E-state index is 14.0. The number of halogens is 5. The largest absolute Gasteiger partial charge is 0.476 e. The smallest absolute Gasteiger partial charge is 0.269 e. The first kappa shape index (κ1) is 22.8. The molecule has 1 aliphatic rings. The van der Waals surface area contributed by atoms with Gasteiger partial charge in [-0.15, -0.1) is 10.2 Å². The summed E-state index contributed by atoms with van der Waals surface area (Å²) in [6.07, 6.45) is -4.57. The monoisotopic (exact) mass is 461 g/mol. The lowest BCUT2D eigenvalue weighted by molar-refractivity contribution is 0.0374. The molecular weight excluding hydrogens is 441 g/mol. The van der Waals surface area contributed by atoms with Gasteiger partial charge in [0.05, 0.1) is 23.9 Å². The molecule has 4 nitrogen and oxygen atoms in total. The highest BCUT2D eigenvalue weighted by Gasteiger charge is 2.24. The maximum Gasteiger partial charge on any atom is 0.269 e. The van der Waals surface area contributed by atoms with E-state index in [0.29, 0.717) is 24.2 Å². The molecule has 2 heterocycles. The Morgan fingerprint density at radius 2 is 1.64 bits per heavy atom. The first-order valence-corrected chi connectivity index (χ1v) is 10.4. The molecule has 0 bridgehead atoms. The highest BCUT2D eigenvalue weighted by atomic mass is 19.3. The third kappa shape index (κ3) is 5.35. The van der Waals surface area contributed by atoms with Crippen molar-refractivity contribution in [3.05, 3.63) is 77.4 Å². The summed E-state index contributed by atoms with van der Waals surface area (Å²) in [7, 11) is 0. The summed E-state index contributed by atoms with van der Waals surface area (Å²) in [5.41, 5.74) is 2.62. The molecule has 2 unspecified atom stereocenters. The lowest BCUT2D eigenvalue weighted by Gasteiger charge is -2.09. The van der Waals surface area contributed by atoms with E-state index >= 15 is 0 Å². The van der Waals surface area contributed by atoms with Crippen molar-refractivity contribution in [3.63, 3.8) is 0 Å². The van der Waals surface area contributed by atoms with Gasteiger partial charge in [0.25, 0.3) is 6.43 Å². The van der Waals surface area contributed by atoms with E-state index in [-0.39, 0.29) is 24.1 Å². The van der Waals surface area contributed by atoms with E-state index in [0.717, 1.165) is 11.1 Å². The zero-order valence-electron chi connectivity index (χ0n) is 17.4. The molecular formula is C24H20F5N3O. The van der Waals surface area contributed by atoms with E-state index in [1.807, 2.05) is 24.3 Å². The Hall–Kier alpha value is -3.36. The van der Waals surface area contributed by atoms with Gasteiger partial charge in [-0.25, -0.2) is 22.0 Å². The van der Waals surface area contributed by atoms with Crippen LogP contribution in [0.4, 0.5) is 22.0 Å². The molecule has 0 radical (unpaired) electrons. The van der Waals surface area contributed by atoms with E-state index in [2.05, 4.69) is 15.2 Å². The lowest BCUT2D eigenvalue weighted by Crippen LogP contribution is -2.16. The lowest BCUT2D eigenvalue weighted by atomic mass is 10.0. The molecule has 2 aromatic carbocycles. The Balaban J connectivity index is 1.40. The topological polar surface area (TPSA) is 47.4 Å². The number of hydrogen-bond acceptors (Lipinski definition) is 4. The molecule has 4 rings (SSSR count). The average Bonchev–Trinajstić information content (AvgIpc) is 3.29. The van der Waals surface area contributed by atoms with Crippen LogP contribution < -0.4 is 4.74 Å². The van der Waals surface area contributed by atoms with E-state index < -0.39 is 30.7 Å². The van der Waals surface area contributed by atoms with Gasteiger partial charge in [0.15, 0.2) is 6.17 Å². The summed E-state index contributed by atoms with van der Waals surface area (Å²) in [6, 6.07) is 14.2. The Morgan fingerprint density at radius 3 is 2.27 bits per heavy atom. The second-order valence-corrected chi connectivity index (χ2v) is 7.59. The molecule has 1 aliphatic heterocycles. The number of rotatable bonds is 8. The van der Waals surface area contributed by atoms with Gasteiger partial charge in [0.2, 0.25) is 5.88 Å². The van der Waals surface area contributed by atoms with Crippen LogP contribution in [0.5, 0.6) is 5.88 Å². The number of nitrogens with zero attached hydrogens (tertiary/aromatic N) is 3. The first-order chi connectivity index (χ1) is 15.9. The van der Waals surface area contributed by atoms with Gasteiger partial charge in [-0.05, 0) is 36.6 Å². The van der Waals surface area contributed by atoms with E-state index in [1.54, 1.807) is 6.07 Å². The predicted molar refractivity (Wildman–Crippen MR) is 113 cm³/mol. The zero-order valence-corrected chi connectivity index (χ0v) is 17.4. The molecule has 0 fully saturated rings. The average molecular weight is 461 g/mol. The van der Waals surface area contributed by atoms with Crippen molar-refractivity contribution in [1.82, 2.24) is 10.2 Å². The van der Waals surface area contributed by atoms with Gasteiger partial charge in [0, 0.05) is 23.8 Å². The van der Waals surface area contributed by atoms with Gasteiger partial charge < -0.3 is 4.74 Å². The molecule has 1 aromatic heterocycles. The van der Waals surface area contributed by atoms with Crippen LogP contribution in [0.2, 0.25) is 0 Å². The number of ether oxygens (including phenoxy) is 1. The number of aliphatic imine (C=N–C) groups is 1. The molecule has 0 aliphatic carbocycles. The summed E-state index contributed by atoms with van der Waals surface area (Å²) in [4.78, 5) is 4.53. The van der Waals surface area contributed by atoms with Crippen LogP contribution >= 0.6 is 0 Å². The Bertz CT molecular complexity index is 1100. The molecule has 172 valence electrons. The fraction of sp³-hybridized carbons (Fsp3) is 0.292. The van der Waals surface area contributed by atoms with Crippen molar-refractivity contribution in [2.24, 2.45) is 4.99 Å². The fourth-order valence-corrected chi connectivity index (χ4v) is 3.62. The highest BCUT2D eigenvalue weighted by Crippen LogP contribution is 2.33. The van der Waals surface area contributed by atoms with Crippen LogP contribution in [0, 0.1) is 11.6 Å². The Labute approximate surface area is 187 Å². The normalized spacial score (nSPS) is 16.7. The molecule has 0 spiro atoms. The van der Waals surface area contributed by atoms with Crippen LogP contribution in [0.15, 0.2) is 59.6 Å². The third-order valence-corrected chi connectivity index (χ3v) is 5.37. The van der Waals surface area contributed by atoms with Crippen LogP contribution in [-0.2, 0) is 0 Å². The van der Waals surface area contributed by atoms with Gasteiger partial charge in [-0.1, -0.05) is 30.3 Å². The fourth-order valence-electron chi connectivity index (χ4n) is 3.62. The summed E-state index contributed by atoms with van der Waals surface area (Å²) >= 11 is 0. The minimum Gasteiger partial charge on any atom is -0.476 e. The molecule has 33 heavy (non-hydrogen) atoms. The molecule has 0 amide bonds. The van der Waals surface area contributed by atoms with Gasteiger partial charge in [0.1, 0.15) is 11.6 Å². The van der Waals surface area contributed by atoms with Crippen molar-refractivity contribution >= 4 is 5.71 Å². The first-order valence-electron chi connectivity index (χ1n) is 10.4. The minimum atomic E-state index is -3.03. The van der Waals surface area contributed by atoms with E-state index in [4.69, 9.17) is 4.74 Å². The molecule has 9 heteroatoms. The summed E-state index contributed by atoms with van der Waals surface area (Å²) in [6.45, 7) is -0.227. The molecule has 0 saturated carbocycles. The van der Waals surface area contributed by atoms with Crippen LogP contribution in [0.25, 0.3) is 11.3 Å². The summed E-state index contributed by atoms with van der Waals surface area (Å²) in [5, 5.41) is 7.93. The minimum absolute atomic E-state index is 0.0644. The molecule has 0 N–H and O–H groups in total. The number of alkyl halides is 3. The van der Waals surface area contributed by atoms with Crippen molar-refractivity contribution in [3.8, 4) is 17.1 Å². The quantitative estimate of drug-likeness (QED) is 0.380. The van der Waals surface area contributed by atoms with Gasteiger partial charge in [-0.3, -0.25) is 4.99 Å². The number of aromatic nitrogens is 2.